The van der Waals surface area contributed by atoms with E-state index in [-0.39, 0.29) is 6.10 Å². The van der Waals surface area contributed by atoms with Crippen molar-refractivity contribution in [1.82, 2.24) is 5.32 Å². The predicted octanol–water partition coefficient (Wildman–Crippen LogP) is 2.09. The van der Waals surface area contributed by atoms with Crippen LogP contribution in [0.2, 0.25) is 0 Å². The van der Waals surface area contributed by atoms with Crippen LogP contribution < -0.4 is 5.32 Å². The first-order valence-corrected chi connectivity index (χ1v) is 6.35. The highest BCUT2D eigenvalue weighted by molar-refractivity contribution is 5.35. The fourth-order valence-corrected chi connectivity index (χ4v) is 2.46. The van der Waals surface area contributed by atoms with Gasteiger partial charge in [-0.05, 0) is 38.7 Å². The summed E-state index contributed by atoms with van der Waals surface area (Å²) in [5.74, 6) is 0.347. The number of phenolic OH excluding ortho intramolecular Hbond substituents is 1. The third kappa shape index (κ3) is 3.45. The Balaban J connectivity index is 1.90. The van der Waals surface area contributed by atoms with Crippen molar-refractivity contribution in [2.24, 2.45) is 0 Å². The number of aromatic hydroxyl groups is 1. The third-order valence-corrected chi connectivity index (χ3v) is 3.46. The summed E-state index contributed by atoms with van der Waals surface area (Å²) < 4.78 is 0. The molecular weight excluding hydrogens is 214 g/mol. The van der Waals surface area contributed by atoms with Crippen LogP contribution in [0, 0.1) is 6.92 Å². The van der Waals surface area contributed by atoms with Crippen molar-refractivity contribution in [2.75, 3.05) is 0 Å². The summed E-state index contributed by atoms with van der Waals surface area (Å²) >= 11 is 0. The van der Waals surface area contributed by atoms with Crippen LogP contribution in [0.1, 0.15) is 36.8 Å². The molecule has 0 bridgehead atoms. The van der Waals surface area contributed by atoms with Gasteiger partial charge in [0, 0.05) is 18.2 Å². The zero-order valence-electron chi connectivity index (χ0n) is 10.3. The standard InChI is InChI=1S/C14H21NO2/c1-10-5-6-14(17)11(7-10)9-15-12-3-2-4-13(16)8-12/h5-7,12-13,15-17H,2-4,8-9H2,1H3. The fourth-order valence-electron chi connectivity index (χ4n) is 2.46. The second kappa shape index (κ2) is 5.52. The number of phenols is 1. The van der Waals surface area contributed by atoms with Crippen LogP contribution in [0.4, 0.5) is 0 Å². The zero-order chi connectivity index (χ0) is 12.3. The normalized spacial score (nSPS) is 24.8. The molecule has 0 radical (unpaired) electrons. The highest BCUT2D eigenvalue weighted by Gasteiger charge is 2.19. The van der Waals surface area contributed by atoms with E-state index >= 15 is 0 Å². The largest absolute Gasteiger partial charge is 0.508 e. The number of benzene rings is 1. The second-order valence-electron chi connectivity index (χ2n) is 5.03. The van der Waals surface area contributed by atoms with E-state index in [1.165, 1.54) is 0 Å². The molecule has 0 amide bonds. The molecule has 0 heterocycles. The smallest absolute Gasteiger partial charge is 0.120 e. The van der Waals surface area contributed by atoms with Crippen LogP contribution in [0.15, 0.2) is 18.2 Å². The lowest BCUT2D eigenvalue weighted by atomic mass is 9.93. The molecule has 2 atom stereocenters. The highest BCUT2D eigenvalue weighted by Crippen LogP contribution is 2.21. The molecule has 0 aromatic heterocycles. The summed E-state index contributed by atoms with van der Waals surface area (Å²) in [4.78, 5) is 0. The van der Waals surface area contributed by atoms with E-state index < -0.39 is 0 Å². The Labute approximate surface area is 102 Å². The molecule has 3 N–H and O–H groups in total. The minimum absolute atomic E-state index is 0.160. The van der Waals surface area contributed by atoms with E-state index in [9.17, 15) is 10.2 Å². The van der Waals surface area contributed by atoms with Crippen molar-refractivity contribution in [1.29, 1.82) is 0 Å². The molecule has 0 spiro atoms. The molecule has 3 nitrogen and oxygen atoms in total. The van der Waals surface area contributed by atoms with Gasteiger partial charge in [-0.1, -0.05) is 17.7 Å². The van der Waals surface area contributed by atoms with Crippen molar-refractivity contribution in [3.05, 3.63) is 29.3 Å². The third-order valence-electron chi connectivity index (χ3n) is 3.46. The fraction of sp³-hybridized carbons (Fsp3) is 0.571. The molecule has 0 saturated heterocycles. The number of hydrogen-bond donors (Lipinski definition) is 3. The molecule has 0 aliphatic heterocycles. The van der Waals surface area contributed by atoms with Crippen molar-refractivity contribution in [3.8, 4) is 5.75 Å². The molecule has 2 unspecified atom stereocenters. The number of aryl methyl sites for hydroxylation is 1. The van der Waals surface area contributed by atoms with E-state index in [2.05, 4.69) is 5.32 Å². The predicted molar refractivity (Wildman–Crippen MR) is 67.9 cm³/mol. The topological polar surface area (TPSA) is 52.5 Å². The van der Waals surface area contributed by atoms with E-state index in [0.717, 1.165) is 36.8 Å². The minimum Gasteiger partial charge on any atom is -0.508 e. The molecule has 1 aliphatic carbocycles. The van der Waals surface area contributed by atoms with Crippen LogP contribution in [0.5, 0.6) is 5.75 Å². The average molecular weight is 235 g/mol. The second-order valence-corrected chi connectivity index (χ2v) is 5.03. The monoisotopic (exact) mass is 235 g/mol. The highest BCUT2D eigenvalue weighted by atomic mass is 16.3. The van der Waals surface area contributed by atoms with Crippen molar-refractivity contribution in [2.45, 2.75) is 51.3 Å². The Morgan fingerprint density at radius 2 is 2.18 bits per heavy atom. The summed E-state index contributed by atoms with van der Waals surface area (Å²) in [6, 6.07) is 6.02. The van der Waals surface area contributed by atoms with Gasteiger partial charge in [0.25, 0.3) is 0 Å². The minimum atomic E-state index is -0.160. The van der Waals surface area contributed by atoms with E-state index in [4.69, 9.17) is 0 Å². The molecule has 2 rings (SSSR count). The molecule has 17 heavy (non-hydrogen) atoms. The number of hydrogen-bond acceptors (Lipinski definition) is 3. The van der Waals surface area contributed by atoms with Crippen LogP contribution in [-0.2, 0) is 6.54 Å². The van der Waals surface area contributed by atoms with E-state index in [0.29, 0.717) is 18.3 Å². The van der Waals surface area contributed by atoms with Gasteiger partial charge in [0.15, 0.2) is 0 Å². The molecule has 1 aromatic rings. The van der Waals surface area contributed by atoms with Gasteiger partial charge in [-0.2, -0.15) is 0 Å². The molecule has 3 heteroatoms. The van der Waals surface area contributed by atoms with Crippen molar-refractivity contribution < 1.29 is 10.2 Å². The zero-order valence-corrected chi connectivity index (χ0v) is 10.3. The van der Waals surface area contributed by atoms with Crippen LogP contribution in [-0.4, -0.2) is 22.4 Å². The number of nitrogens with one attached hydrogen (secondary N) is 1. The maximum Gasteiger partial charge on any atom is 0.120 e. The summed E-state index contributed by atoms with van der Waals surface area (Å²) in [7, 11) is 0. The van der Waals surface area contributed by atoms with Gasteiger partial charge in [0.1, 0.15) is 5.75 Å². The quantitative estimate of drug-likeness (QED) is 0.752. The van der Waals surface area contributed by atoms with Gasteiger partial charge in [-0.3, -0.25) is 0 Å². The molecule has 1 saturated carbocycles. The van der Waals surface area contributed by atoms with Gasteiger partial charge in [0.05, 0.1) is 6.10 Å². The van der Waals surface area contributed by atoms with Gasteiger partial charge in [-0.15, -0.1) is 0 Å². The maximum atomic E-state index is 9.73. The van der Waals surface area contributed by atoms with E-state index in [1.54, 1.807) is 6.07 Å². The summed E-state index contributed by atoms with van der Waals surface area (Å²) in [6.07, 6.45) is 3.79. The SMILES string of the molecule is Cc1ccc(O)c(CNC2CCCC(O)C2)c1. The molecule has 1 aromatic carbocycles. The number of rotatable bonds is 3. The first-order valence-electron chi connectivity index (χ1n) is 6.35. The lowest BCUT2D eigenvalue weighted by Crippen LogP contribution is -2.35. The molecular formula is C14H21NO2. The number of aliphatic hydroxyl groups excluding tert-OH is 1. The van der Waals surface area contributed by atoms with Gasteiger partial charge < -0.3 is 15.5 Å². The Hall–Kier alpha value is -1.06. The number of aliphatic hydroxyl groups is 1. The Morgan fingerprint density at radius 1 is 1.35 bits per heavy atom. The molecule has 94 valence electrons. The van der Waals surface area contributed by atoms with Crippen LogP contribution in [0.3, 0.4) is 0 Å². The average Bonchev–Trinajstić information content (AvgIpc) is 2.30. The van der Waals surface area contributed by atoms with Crippen molar-refractivity contribution >= 4 is 0 Å². The van der Waals surface area contributed by atoms with Crippen LogP contribution >= 0.6 is 0 Å². The van der Waals surface area contributed by atoms with E-state index in [1.807, 2.05) is 19.1 Å². The lowest BCUT2D eigenvalue weighted by Gasteiger charge is -2.26. The van der Waals surface area contributed by atoms with Crippen LogP contribution in [0.25, 0.3) is 0 Å². The molecule has 1 fully saturated rings. The van der Waals surface area contributed by atoms with Gasteiger partial charge in [-0.25, -0.2) is 0 Å². The molecule has 1 aliphatic rings. The van der Waals surface area contributed by atoms with Crippen molar-refractivity contribution in [3.63, 3.8) is 0 Å². The summed E-state index contributed by atoms with van der Waals surface area (Å²) in [6.45, 7) is 2.69. The van der Waals surface area contributed by atoms with Gasteiger partial charge in [0.2, 0.25) is 0 Å². The lowest BCUT2D eigenvalue weighted by molar-refractivity contribution is 0.111. The summed E-state index contributed by atoms with van der Waals surface area (Å²) in [5.41, 5.74) is 2.09. The summed E-state index contributed by atoms with van der Waals surface area (Å²) in [5, 5.41) is 22.7. The first kappa shape index (κ1) is 12.4. The first-order chi connectivity index (χ1) is 8.15. The Morgan fingerprint density at radius 3 is 2.94 bits per heavy atom. The Kier molecular flexibility index (Phi) is 4.02. The Bertz CT molecular complexity index is 378. The van der Waals surface area contributed by atoms with Gasteiger partial charge >= 0.3 is 0 Å². The maximum absolute atomic E-state index is 9.73.